The quantitative estimate of drug-likeness (QED) is 0.643. The number of carbonyl (C=O) groups is 2. The first-order valence-electron chi connectivity index (χ1n) is 9.96. The Morgan fingerprint density at radius 1 is 1.21 bits per heavy atom. The van der Waals surface area contributed by atoms with Crippen molar-refractivity contribution in [2.24, 2.45) is 5.92 Å². The monoisotopic (exact) mass is 428 g/mol. The van der Waals surface area contributed by atoms with E-state index in [0.717, 1.165) is 43.9 Å². The van der Waals surface area contributed by atoms with Gasteiger partial charge in [0.05, 0.1) is 10.5 Å². The van der Waals surface area contributed by atoms with E-state index in [9.17, 15) is 22.4 Å². The summed E-state index contributed by atoms with van der Waals surface area (Å²) in [6, 6.07) is 3.01. The molecule has 1 saturated carbocycles. The van der Waals surface area contributed by atoms with Gasteiger partial charge in [0.1, 0.15) is 5.82 Å². The number of sulfonamides is 1. The molecular weight excluding hydrogens is 399 g/mol. The van der Waals surface area contributed by atoms with Gasteiger partial charge in [0.15, 0.2) is 6.61 Å². The summed E-state index contributed by atoms with van der Waals surface area (Å²) >= 11 is 0. The standard InChI is InChI=1S/C20H29FN2O5S/c1-4-23(5-2)29(26,27)15-10-11-17(21)16(12-15)20(25)28-13-19(24)22-18-9-7-6-8-14(18)3/h10-12,14,18H,4-9,13H2,1-3H3,(H,22,24)/t14-,18+/m1/s1. The lowest BCUT2D eigenvalue weighted by molar-refractivity contribution is -0.125. The molecule has 1 aliphatic rings. The highest BCUT2D eigenvalue weighted by atomic mass is 32.2. The van der Waals surface area contributed by atoms with Crippen LogP contribution >= 0.6 is 0 Å². The Labute approximate surface area is 171 Å². The van der Waals surface area contributed by atoms with Crippen molar-refractivity contribution in [1.82, 2.24) is 9.62 Å². The lowest BCUT2D eigenvalue weighted by atomic mass is 9.86. The summed E-state index contributed by atoms with van der Waals surface area (Å²) in [5, 5.41) is 2.84. The van der Waals surface area contributed by atoms with Crippen LogP contribution in [0.1, 0.15) is 56.8 Å². The molecule has 0 bridgehead atoms. The average molecular weight is 429 g/mol. The molecule has 0 aliphatic heterocycles. The maximum atomic E-state index is 14.1. The third kappa shape index (κ3) is 5.76. The van der Waals surface area contributed by atoms with Crippen molar-refractivity contribution in [3.63, 3.8) is 0 Å². The van der Waals surface area contributed by atoms with Crippen molar-refractivity contribution in [3.05, 3.63) is 29.6 Å². The van der Waals surface area contributed by atoms with E-state index >= 15 is 0 Å². The van der Waals surface area contributed by atoms with Gasteiger partial charge in [-0.1, -0.05) is 33.6 Å². The fraction of sp³-hybridized carbons (Fsp3) is 0.600. The number of halogens is 1. The summed E-state index contributed by atoms with van der Waals surface area (Å²) in [7, 11) is -3.85. The van der Waals surface area contributed by atoms with Crippen LogP contribution in [0.2, 0.25) is 0 Å². The number of benzene rings is 1. The number of hydrogen-bond donors (Lipinski definition) is 1. The number of nitrogens with one attached hydrogen (secondary N) is 1. The van der Waals surface area contributed by atoms with Gasteiger partial charge in [-0.3, -0.25) is 4.79 Å². The second kappa shape index (κ2) is 10.2. The number of amides is 1. The number of hydrogen-bond acceptors (Lipinski definition) is 5. The number of ether oxygens (including phenoxy) is 1. The predicted molar refractivity (Wildman–Crippen MR) is 106 cm³/mol. The molecule has 1 fully saturated rings. The van der Waals surface area contributed by atoms with Gasteiger partial charge in [-0.05, 0) is 37.0 Å². The van der Waals surface area contributed by atoms with E-state index in [4.69, 9.17) is 4.74 Å². The summed E-state index contributed by atoms with van der Waals surface area (Å²) in [5.41, 5.74) is -0.517. The summed E-state index contributed by atoms with van der Waals surface area (Å²) in [4.78, 5) is 24.2. The van der Waals surface area contributed by atoms with Crippen LogP contribution in [0.3, 0.4) is 0 Å². The Bertz CT molecular complexity index is 839. The van der Waals surface area contributed by atoms with Gasteiger partial charge in [0.2, 0.25) is 10.0 Å². The van der Waals surface area contributed by atoms with Gasteiger partial charge in [0.25, 0.3) is 5.91 Å². The van der Waals surface area contributed by atoms with Crippen molar-refractivity contribution in [2.45, 2.75) is 57.4 Å². The first-order chi connectivity index (χ1) is 13.7. The molecule has 29 heavy (non-hydrogen) atoms. The lowest BCUT2D eigenvalue weighted by Gasteiger charge is -2.29. The maximum absolute atomic E-state index is 14.1. The van der Waals surface area contributed by atoms with E-state index < -0.39 is 39.9 Å². The zero-order chi connectivity index (χ0) is 21.6. The maximum Gasteiger partial charge on any atom is 0.341 e. The lowest BCUT2D eigenvalue weighted by Crippen LogP contribution is -2.42. The predicted octanol–water partition coefficient (Wildman–Crippen LogP) is 2.71. The van der Waals surface area contributed by atoms with Gasteiger partial charge in [0, 0.05) is 19.1 Å². The van der Waals surface area contributed by atoms with Crippen LogP contribution < -0.4 is 5.32 Å². The van der Waals surface area contributed by atoms with Crippen molar-refractivity contribution < 1.29 is 27.1 Å². The normalized spacial score (nSPS) is 19.8. The minimum absolute atomic E-state index is 0.0363. The molecule has 1 N–H and O–H groups in total. The zero-order valence-electron chi connectivity index (χ0n) is 17.1. The molecule has 7 nitrogen and oxygen atoms in total. The summed E-state index contributed by atoms with van der Waals surface area (Å²) < 4.78 is 45.4. The number of rotatable bonds is 8. The first-order valence-corrected chi connectivity index (χ1v) is 11.4. The molecule has 162 valence electrons. The first kappa shape index (κ1) is 23.3. The van der Waals surface area contributed by atoms with Gasteiger partial charge >= 0.3 is 5.97 Å². The molecule has 0 heterocycles. The Morgan fingerprint density at radius 3 is 2.48 bits per heavy atom. The van der Waals surface area contributed by atoms with Crippen LogP contribution in [0.5, 0.6) is 0 Å². The van der Waals surface area contributed by atoms with Crippen LogP contribution in [0.4, 0.5) is 4.39 Å². The van der Waals surface area contributed by atoms with Crippen LogP contribution in [0, 0.1) is 11.7 Å². The van der Waals surface area contributed by atoms with Crippen molar-refractivity contribution in [1.29, 1.82) is 0 Å². The van der Waals surface area contributed by atoms with Crippen LogP contribution in [0.25, 0.3) is 0 Å². The third-order valence-electron chi connectivity index (χ3n) is 5.29. The van der Waals surface area contributed by atoms with Crippen LogP contribution in [-0.4, -0.2) is 50.3 Å². The molecule has 9 heteroatoms. The second-order valence-corrected chi connectivity index (χ2v) is 9.18. The van der Waals surface area contributed by atoms with Gasteiger partial charge in [-0.25, -0.2) is 17.6 Å². The Balaban J connectivity index is 2.06. The van der Waals surface area contributed by atoms with E-state index in [1.807, 2.05) is 0 Å². The molecule has 2 rings (SSSR count). The SMILES string of the molecule is CCN(CC)S(=O)(=O)c1ccc(F)c(C(=O)OCC(=O)N[C@H]2CCCC[C@H]2C)c1. The van der Waals surface area contributed by atoms with E-state index in [-0.39, 0.29) is 24.0 Å². The van der Waals surface area contributed by atoms with Crippen LogP contribution in [-0.2, 0) is 19.6 Å². The highest BCUT2D eigenvalue weighted by Gasteiger charge is 2.26. The topological polar surface area (TPSA) is 92.8 Å². The second-order valence-electron chi connectivity index (χ2n) is 7.24. The Morgan fingerprint density at radius 2 is 1.86 bits per heavy atom. The van der Waals surface area contributed by atoms with E-state index in [0.29, 0.717) is 5.92 Å². The van der Waals surface area contributed by atoms with Gasteiger partial charge < -0.3 is 10.1 Å². The molecule has 2 atom stereocenters. The Hall–Kier alpha value is -2.00. The summed E-state index contributed by atoms with van der Waals surface area (Å²) in [6.07, 6.45) is 4.08. The molecular formula is C20H29FN2O5S. The van der Waals surface area contributed by atoms with E-state index in [1.54, 1.807) is 13.8 Å². The summed E-state index contributed by atoms with van der Waals surface area (Å²) in [5.74, 6) is -2.09. The smallest absolute Gasteiger partial charge is 0.341 e. The molecule has 0 spiro atoms. The molecule has 1 aromatic rings. The fourth-order valence-electron chi connectivity index (χ4n) is 3.52. The number of nitrogens with zero attached hydrogens (tertiary/aromatic N) is 1. The average Bonchev–Trinajstić information content (AvgIpc) is 2.69. The number of esters is 1. The Kier molecular flexibility index (Phi) is 8.15. The molecule has 1 aliphatic carbocycles. The molecule has 1 aromatic carbocycles. The fourth-order valence-corrected chi connectivity index (χ4v) is 5.01. The molecule has 0 saturated heterocycles. The molecule has 0 radical (unpaired) electrons. The summed E-state index contributed by atoms with van der Waals surface area (Å²) in [6.45, 7) is 5.38. The molecule has 0 aromatic heterocycles. The third-order valence-corrected chi connectivity index (χ3v) is 7.34. The van der Waals surface area contributed by atoms with Gasteiger partial charge in [-0.2, -0.15) is 4.31 Å². The largest absolute Gasteiger partial charge is 0.452 e. The van der Waals surface area contributed by atoms with E-state index in [1.165, 1.54) is 4.31 Å². The molecule has 0 unspecified atom stereocenters. The van der Waals surface area contributed by atoms with Gasteiger partial charge in [-0.15, -0.1) is 0 Å². The highest BCUT2D eigenvalue weighted by molar-refractivity contribution is 7.89. The minimum Gasteiger partial charge on any atom is -0.452 e. The highest BCUT2D eigenvalue weighted by Crippen LogP contribution is 2.24. The molecule has 1 amide bonds. The zero-order valence-corrected chi connectivity index (χ0v) is 17.9. The van der Waals surface area contributed by atoms with Crippen LogP contribution in [0.15, 0.2) is 23.1 Å². The minimum atomic E-state index is -3.85. The van der Waals surface area contributed by atoms with E-state index in [2.05, 4.69) is 12.2 Å². The number of carbonyl (C=O) groups excluding carboxylic acids is 2. The van der Waals surface area contributed by atoms with Crippen molar-refractivity contribution in [2.75, 3.05) is 19.7 Å². The van der Waals surface area contributed by atoms with Crippen molar-refractivity contribution in [3.8, 4) is 0 Å². The van der Waals surface area contributed by atoms with Crippen molar-refractivity contribution >= 4 is 21.9 Å².